The summed E-state index contributed by atoms with van der Waals surface area (Å²) in [7, 11) is 0. The monoisotopic (exact) mass is 640 g/mol. The highest BCUT2D eigenvalue weighted by Gasteiger charge is 2.35. The van der Waals surface area contributed by atoms with E-state index in [4.69, 9.17) is 0 Å². The van der Waals surface area contributed by atoms with Gasteiger partial charge < -0.3 is 0 Å². The first kappa shape index (κ1) is 34.5. The number of hydrogen-bond donors (Lipinski definition) is 0. The Kier molecular flexibility index (Phi) is 9.51. The van der Waals surface area contributed by atoms with E-state index in [1.54, 1.807) is 0 Å². The minimum absolute atomic E-state index is 0.108. The van der Waals surface area contributed by atoms with Gasteiger partial charge in [0.05, 0.1) is 0 Å². The lowest BCUT2D eigenvalue weighted by Crippen LogP contribution is -2.58. The van der Waals surface area contributed by atoms with Crippen LogP contribution in [0.4, 0.5) is 0 Å². The highest BCUT2D eigenvalue weighted by Crippen LogP contribution is 2.36. The van der Waals surface area contributed by atoms with Crippen LogP contribution >= 0.6 is 0 Å². The predicted molar refractivity (Wildman–Crippen MR) is 218 cm³/mol. The van der Waals surface area contributed by atoms with Crippen LogP contribution in [0.5, 0.6) is 0 Å². The third-order valence-corrected chi connectivity index (χ3v) is 12.4. The highest BCUT2D eigenvalue weighted by molar-refractivity contribution is 6.97. The van der Waals surface area contributed by atoms with Crippen LogP contribution < -0.4 is 16.4 Å². The maximum absolute atomic E-state index is 2.40. The maximum Gasteiger partial charge on any atom is 0.243 e. The van der Waals surface area contributed by atoms with Crippen molar-refractivity contribution in [2.24, 2.45) is 0 Å². The van der Waals surface area contributed by atoms with Crippen molar-refractivity contribution in [2.45, 2.75) is 95.9 Å². The molecule has 1 aliphatic rings. The van der Waals surface area contributed by atoms with Gasteiger partial charge >= 0.3 is 0 Å². The quantitative estimate of drug-likeness (QED) is 0.162. The van der Waals surface area contributed by atoms with Gasteiger partial charge in [0.1, 0.15) is 0 Å². The molecule has 0 heterocycles. The summed E-state index contributed by atoms with van der Waals surface area (Å²) in [4.78, 5) is 0. The van der Waals surface area contributed by atoms with E-state index in [9.17, 15) is 0 Å². The van der Waals surface area contributed by atoms with Crippen LogP contribution in [0.25, 0.3) is 27.8 Å². The molecule has 5 aromatic rings. The molecular weight excluding hydrogens is 587 g/mol. The van der Waals surface area contributed by atoms with E-state index < -0.39 is 0 Å². The molecule has 0 saturated heterocycles. The summed E-state index contributed by atoms with van der Waals surface area (Å²) in [6.45, 7) is 28.6. The van der Waals surface area contributed by atoms with E-state index in [0.717, 1.165) is 12.8 Å². The lowest BCUT2D eigenvalue weighted by Gasteiger charge is -2.33. The number of hydrogen-bond acceptors (Lipinski definition) is 0. The molecule has 0 amide bonds. The first-order valence-electron chi connectivity index (χ1n) is 18.2. The molecule has 0 nitrogen and oxygen atoms in total. The zero-order valence-corrected chi connectivity index (χ0v) is 32.0. The third-order valence-electron chi connectivity index (χ3n) is 12.4. The van der Waals surface area contributed by atoms with Crippen molar-refractivity contribution in [3.63, 3.8) is 0 Å². The van der Waals surface area contributed by atoms with Crippen LogP contribution in [0.15, 0.2) is 78.9 Å². The molecule has 0 radical (unpaired) electrons. The zero-order valence-electron chi connectivity index (χ0n) is 32.0. The standard InChI is InChI=1S/C48H53B/c1-28-34(7)46(35(8)29(2)43(28)40-22-16-13-17-23-40)49(47-36(9)30(3)44(31(4)37(47)10)41-24-18-14-19-25-41)48-38(11)32(5)45(33(6)39(48)12)42-26-20-15-21-27-42/h13-20,22-26H,21,27H2,1-12H3. The van der Waals surface area contributed by atoms with Gasteiger partial charge in [0.15, 0.2) is 0 Å². The molecule has 0 unspecified atom stereocenters. The fraction of sp³-hybridized carbons (Fsp3) is 0.292. The molecule has 0 N–H and O–H groups in total. The summed E-state index contributed by atoms with van der Waals surface area (Å²) < 4.78 is 0. The summed E-state index contributed by atoms with van der Waals surface area (Å²) in [6.07, 6.45) is 9.11. The first-order valence-corrected chi connectivity index (χ1v) is 18.2. The molecule has 6 rings (SSSR count). The van der Waals surface area contributed by atoms with Gasteiger partial charge in [-0.15, -0.1) is 0 Å². The Balaban J connectivity index is 1.75. The van der Waals surface area contributed by atoms with E-state index in [2.05, 4.69) is 162 Å². The Bertz CT molecular complexity index is 1960. The van der Waals surface area contributed by atoms with Gasteiger partial charge in [0, 0.05) is 0 Å². The molecule has 5 aromatic carbocycles. The molecule has 0 saturated carbocycles. The molecule has 0 atom stereocenters. The van der Waals surface area contributed by atoms with Crippen molar-refractivity contribution in [3.8, 4) is 22.3 Å². The van der Waals surface area contributed by atoms with Crippen LogP contribution in [-0.4, -0.2) is 6.71 Å². The van der Waals surface area contributed by atoms with Gasteiger partial charge in [-0.05, 0) is 163 Å². The molecule has 49 heavy (non-hydrogen) atoms. The van der Waals surface area contributed by atoms with Gasteiger partial charge in [-0.2, -0.15) is 0 Å². The van der Waals surface area contributed by atoms with Crippen molar-refractivity contribution in [3.05, 3.63) is 151 Å². The fourth-order valence-corrected chi connectivity index (χ4v) is 9.12. The molecule has 0 aromatic heterocycles. The van der Waals surface area contributed by atoms with Crippen molar-refractivity contribution in [1.82, 2.24) is 0 Å². The van der Waals surface area contributed by atoms with Crippen molar-refractivity contribution < 1.29 is 0 Å². The molecule has 0 fully saturated rings. The van der Waals surface area contributed by atoms with Crippen LogP contribution in [0.3, 0.4) is 0 Å². The summed E-state index contributed by atoms with van der Waals surface area (Å²) in [5.74, 6) is 0. The van der Waals surface area contributed by atoms with Crippen molar-refractivity contribution in [1.29, 1.82) is 0 Å². The average molecular weight is 641 g/mol. The number of allylic oxidation sites excluding steroid dienone is 4. The van der Waals surface area contributed by atoms with E-state index in [-0.39, 0.29) is 6.71 Å². The predicted octanol–water partition coefficient (Wildman–Crippen LogP) is 11.0. The van der Waals surface area contributed by atoms with Crippen molar-refractivity contribution >= 4 is 28.7 Å². The second-order valence-electron chi connectivity index (χ2n) is 14.7. The summed E-state index contributed by atoms with van der Waals surface area (Å²) in [5.41, 5.74) is 29.7. The summed E-state index contributed by atoms with van der Waals surface area (Å²) in [6, 6.07) is 22.0. The Labute approximate surface area is 297 Å². The lowest BCUT2D eigenvalue weighted by molar-refractivity contribution is 1.04. The zero-order chi connectivity index (χ0) is 35.3. The van der Waals surface area contributed by atoms with Gasteiger partial charge in [-0.3, -0.25) is 0 Å². The largest absolute Gasteiger partial charge is 0.243 e. The SMILES string of the molecule is Cc1c(C)c(C2=CC=CCC2)c(C)c(C)c1B(c1c(C)c(C)c(-c2ccccc2)c(C)c1C)c1c(C)c(C)c(-c2ccccc2)c(C)c1C. The lowest BCUT2D eigenvalue weighted by atomic mass is 9.32. The molecule has 1 aliphatic carbocycles. The highest BCUT2D eigenvalue weighted by atomic mass is 14.3. The summed E-state index contributed by atoms with van der Waals surface area (Å²) in [5, 5.41) is 0. The second kappa shape index (κ2) is 13.5. The number of benzene rings is 5. The van der Waals surface area contributed by atoms with E-state index in [1.807, 2.05) is 0 Å². The third kappa shape index (κ3) is 5.66. The Morgan fingerprint density at radius 3 is 1.02 bits per heavy atom. The van der Waals surface area contributed by atoms with Crippen LogP contribution in [0, 0.1) is 83.1 Å². The van der Waals surface area contributed by atoms with Crippen LogP contribution in [0.1, 0.15) is 85.2 Å². The minimum atomic E-state index is 0.108. The Morgan fingerprint density at radius 2 is 0.714 bits per heavy atom. The average Bonchev–Trinajstić information content (AvgIpc) is 3.11. The topological polar surface area (TPSA) is 0 Å². The molecule has 0 bridgehead atoms. The first-order chi connectivity index (χ1) is 23.4. The molecular formula is C48H53B. The smallest absolute Gasteiger partial charge is 0.0842 e. The fourth-order valence-electron chi connectivity index (χ4n) is 9.12. The van der Waals surface area contributed by atoms with E-state index in [0.29, 0.717) is 0 Å². The Hall–Kier alpha value is -4.36. The number of rotatable bonds is 6. The molecule has 0 spiro atoms. The van der Waals surface area contributed by atoms with Gasteiger partial charge in [-0.25, -0.2) is 0 Å². The minimum Gasteiger partial charge on any atom is -0.0842 e. The van der Waals surface area contributed by atoms with E-state index in [1.165, 1.54) is 117 Å². The normalized spacial score (nSPS) is 12.8. The summed E-state index contributed by atoms with van der Waals surface area (Å²) >= 11 is 0. The van der Waals surface area contributed by atoms with E-state index >= 15 is 0 Å². The molecule has 248 valence electrons. The molecule has 0 aliphatic heterocycles. The van der Waals surface area contributed by atoms with Gasteiger partial charge in [0.2, 0.25) is 6.71 Å². The second-order valence-corrected chi connectivity index (χ2v) is 14.7. The molecule has 1 heteroatoms. The van der Waals surface area contributed by atoms with Gasteiger partial charge in [-0.1, -0.05) is 129 Å². The van der Waals surface area contributed by atoms with Crippen molar-refractivity contribution in [2.75, 3.05) is 0 Å². The Morgan fingerprint density at radius 1 is 0.388 bits per heavy atom. The van der Waals surface area contributed by atoms with Crippen LogP contribution in [-0.2, 0) is 0 Å². The van der Waals surface area contributed by atoms with Crippen LogP contribution in [0.2, 0.25) is 0 Å². The van der Waals surface area contributed by atoms with Gasteiger partial charge in [0.25, 0.3) is 0 Å². The maximum atomic E-state index is 2.40.